The second kappa shape index (κ2) is 6.20. The van der Waals surface area contributed by atoms with Crippen LogP contribution >= 0.6 is 0 Å². The van der Waals surface area contributed by atoms with Gasteiger partial charge < -0.3 is 19.2 Å². The summed E-state index contributed by atoms with van der Waals surface area (Å²) < 4.78 is 23.9. The highest BCUT2D eigenvalue weighted by molar-refractivity contribution is 5.85. The molecule has 0 aliphatic carbocycles. The lowest BCUT2D eigenvalue weighted by atomic mass is 9.80. The SMILES string of the molecule is COCC(C)(O)C(=O)N1CC(C)(c2nnc(-c3cccc(F)c3)o2)C1. The molecule has 0 spiro atoms. The Morgan fingerprint density at radius 2 is 2.20 bits per heavy atom. The van der Waals surface area contributed by atoms with Gasteiger partial charge in [0.15, 0.2) is 5.60 Å². The topological polar surface area (TPSA) is 88.7 Å². The first-order chi connectivity index (χ1) is 11.7. The van der Waals surface area contributed by atoms with Crippen LogP contribution in [0.3, 0.4) is 0 Å². The van der Waals surface area contributed by atoms with Crippen molar-refractivity contribution in [2.24, 2.45) is 0 Å². The summed E-state index contributed by atoms with van der Waals surface area (Å²) in [5, 5.41) is 18.1. The zero-order chi connectivity index (χ0) is 18.2. The van der Waals surface area contributed by atoms with Gasteiger partial charge in [-0.15, -0.1) is 10.2 Å². The molecule has 7 nitrogen and oxygen atoms in total. The lowest BCUT2D eigenvalue weighted by molar-refractivity contribution is -0.162. The number of hydrogen-bond acceptors (Lipinski definition) is 6. The first-order valence-corrected chi connectivity index (χ1v) is 7.86. The van der Waals surface area contributed by atoms with Gasteiger partial charge in [0.2, 0.25) is 11.8 Å². The number of benzene rings is 1. The monoisotopic (exact) mass is 349 g/mol. The third kappa shape index (κ3) is 3.27. The zero-order valence-corrected chi connectivity index (χ0v) is 14.3. The Morgan fingerprint density at radius 3 is 2.84 bits per heavy atom. The molecule has 1 fully saturated rings. The first-order valence-electron chi connectivity index (χ1n) is 7.86. The summed E-state index contributed by atoms with van der Waals surface area (Å²) in [6, 6.07) is 5.90. The minimum atomic E-state index is -1.57. The average molecular weight is 349 g/mol. The molecule has 0 radical (unpaired) electrons. The number of amides is 1. The Balaban J connectivity index is 1.71. The highest BCUT2D eigenvalue weighted by Crippen LogP contribution is 2.35. The van der Waals surface area contributed by atoms with Crippen LogP contribution in [-0.4, -0.2) is 58.5 Å². The van der Waals surface area contributed by atoms with Crippen molar-refractivity contribution in [2.45, 2.75) is 24.9 Å². The van der Waals surface area contributed by atoms with Gasteiger partial charge in [-0.05, 0) is 32.0 Å². The summed E-state index contributed by atoms with van der Waals surface area (Å²) in [6.07, 6.45) is 0. The summed E-state index contributed by atoms with van der Waals surface area (Å²) in [7, 11) is 1.42. The standard InChI is InChI=1S/C17H20FN3O4/c1-16(8-21(9-16)15(22)17(2,23)10-24-3)14-20-19-13(25-14)11-5-4-6-12(18)7-11/h4-7,23H,8-10H2,1-3H3. The molecular formula is C17H20FN3O4. The number of ether oxygens (including phenoxy) is 1. The smallest absolute Gasteiger partial charge is 0.256 e. The number of aromatic nitrogens is 2. The van der Waals surface area contributed by atoms with E-state index in [1.165, 1.54) is 31.1 Å². The fraction of sp³-hybridized carbons (Fsp3) is 0.471. The predicted octanol–water partition coefficient (Wildman–Crippen LogP) is 1.37. The molecule has 2 aromatic rings. The molecule has 2 heterocycles. The lowest BCUT2D eigenvalue weighted by Gasteiger charge is -2.47. The van der Waals surface area contributed by atoms with Crippen molar-refractivity contribution < 1.29 is 23.4 Å². The van der Waals surface area contributed by atoms with Crippen molar-refractivity contribution in [2.75, 3.05) is 26.8 Å². The summed E-state index contributed by atoms with van der Waals surface area (Å²) in [4.78, 5) is 13.8. The Labute approximate surface area is 144 Å². The molecular weight excluding hydrogens is 329 g/mol. The number of carbonyl (C=O) groups excluding carboxylic acids is 1. The molecule has 3 rings (SSSR count). The molecule has 0 saturated carbocycles. The maximum absolute atomic E-state index is 13.3. The molecule has 25 heavy (non-hydrogen) atoms. The van der Waals surface area contributed by atoms with E-state index in [9.17, 15) is 14.3 Å². The molecule has 1 aromatic heterocycles. The normalized spacial score (nSPS) is 18.5. The van der Waals surface area contributed by atoms with Crippen molar-refractivity contribution in [1.82, 2.24) is 15.1 Å². The van der Waals surface area contributed by atoms with Crippen molar-refractivity contribution in [3.05, 3.63) is 36.0 Å². The van der Waals surface area contributed by atoms with E-state index in [0.717, 1.165) is 0 Å². The van der Waals surface area contributed by atoms with E-state index in [2.05, 4.69) is 10.2 Å². The van der Waals surface area contributed by atoms with Crippen LogP contribution in [0.5, 0.6) is 0 Å². The minimum absolute atomic E-state index is 0.0800. The van der Waals surface area contributed by atoms with Crippen LogP contribution in [0, 0.1) is 5.82 Å². The summed E-state index contributed by atoms with van der Waals surface area (Å²) in [5.41, 5.74) is -1.58. The fourth-order valence-electron chi connectivity index (χ4n) is 2.96. The van der Waals surface area contributed by atoms with Crippen LogP contribution in [0.15, 0.2) is 28.7 Å². The molecule has 0 bridgehead atoms. The second-order valence-corrected chi connectivity index (χ2v) is 6.85. The Kier molecular flexibility index (Phi) is 4.34. The number of hydrogen-bond donors (Lipinski definition) is 1. The maximum Gasteiger partial charge on any atom is 0.256 e. The van der Waals surface area contributed by atoms with Crippen molar-refractivity contribution >= 4 is 5.91 Å². The van der Waals surface area contributed by atoms with E-state index in [0.29, 0.717) is 24.5 Å². The molecule has 1 unspecified atom stereocenters. The van der Waals surface area contributed by atoms with Crippen LogP contribution in [0.4, 0.5) is 4.39 Å². The number of likely N-dealkylation sites (tertiary alicyclic amines) is 1. The van der Waals surface area contributed by atoms with Gasteiger partial charge in [0, 0.05) is 25.8 Å². The molecule has 8 heteroatoms. The second-order valence-electron chi connectivity index (χ2n) is 6.85. The molecule has 1 aliphatic rings. The first kappa shape index (κ1) is 17.5. The average Bonchev–Trinajstić information content (AvgIpc) is 3.01. The van der Waals surface area contributed by atoms with Crippen molar-refractivity contribution in [3.63, 3.8) is 0 Å². The Morgan fingerprint density at radius 1 is 1.48 bits per heavy atom. The van der Waals surface area contributed by atoms with E-state index < -0.39 is 16.9 Å². The van der Waals surface area contributed by atoms with E-state index in [1.54, 1.807) is 12.1 Å². The van der Waals surface area contributed by atoms with E-state index in [1.807, 2.05) is 6.92 Å². The predicted molar refractivity (Wildman–Crippen MR) is 86.1 cm³/mol. The number of rotatable bonds is 5. The molecule has 1 aliphatic heterocycles. The number of methoxy groups -OCH3 is 1. The van der Waals surface area contributed by atoms with Gasteiger partial charge in [0.25, 0.3) is 5.91 Å². The van der Waals surface area contributed by atoms with Crippen molar-refractivity contribution in [3.8, 4) is 11.5 Å². The Hall–Kier alpha value is -2.32. The van der Waals surface area contributed by atoms with Gasteiger partial charge in [-0.1, -0.05) is 6.07 Å². The van der Waals surface area contributed by atoms with Gasteiger partial charge >= 0.3 is 0 Å². The molecule has 1 saturated heterocycles. The summed E-state index contributed by atoms with van der Waals surface area (Å²) in [5.74, 6) is -0.185. The third-order valence-electron chi connectivity index (χ3n) is 4.27. The highest BCUT2D eigenvalue weighted by atomic mass is 19.1. The largest absolute Gasteiger partial charge is 0.420 e. The molecule has 1 amide bonds. The van der Waals surface area contributed by atoms with Gasteiger partial charge in [-0.2, -0.15) is 0 Å². The van der Waals surface area contributed by atoms with Crippen molar-refractivity contribution in [1.29, 1.82) is 0 Å². The van der Waals surface area contributed by atoms with Crippen LogP contribution < -0.4 is 0 Å². The number of halogens is 1. The third-order valence-corrected chi connectivity index (χ3v) is 4.27. The van der Waals surface area contributed by atoms with Crippen LogP contribution in [0.1, 0.15) is 19.7 Å². The van der Waals surface area contributed by atoms with Gasteiger partial charge in [-0.25, -0.2) is 4.39 Å². The van der Waals surface area contributed by atoms with Crippen LogP contribution in [0.25, 0.3) is 11.5 Å². The molecule has 134 valence electrons. The molecule has 1 N–H and O–H groups in total. The van der Waals surface area contributed by atoms with E-state index in [-0.39, 0.29) is 18.3 Å². The number of nitrogens with zero attached hydrogens (tertiary/aromatic N) is 3. The maximum atomic E-state index is 13.3. The summed E-state index contributed by atoms with van der Waals surface area (Å²) >= 11 is 0. The van der Waals surface area contributed by atoms with Crippen LogP contribution in [0.2, 0.25) is 0 Å². The van der Waals surface area contributed by atoms with E-state index >= 15 is 0 Å². The molecule has 1 aromatic carbocycles. The zero-order valence-electron chi connectivity index (χ0n) is 14.3. The molecule has 1 atom stereocenters. The number of carbonyl (C=O) groups is 1. The lowest BCUT2D eigenvalue weighted by Crippen LogP contribution is -2.64. The van der Waals surface area contributed by atoms with E-state index in [4.69, 9.17) is 9.15 Å². The number of aliphatic hydroxyl groups is 1. The van der Waals surface area contributed by atoms with Crippen LogP contribution in [-0.2, 0) is 14.9 Å². The van der Waals surface area contributed by atoms with Gasteiger partial charge in [0.1, 0.15) is 5.82 Å². The summed E-state index contributed by atoms with van der Waals surface area (Å²) in [6.45, 7) is 3.92. The minimum Gasteiger partial charge on any atom is -0.420 e. The van der Waals surface area contributed by atoms with Gasteiger partial charge in [0.05, 0.1) is 12.0 Å². The van der Waals surface area contributed by atoms with Gasteiger partial charge in [-0.3, -0.25) is 4.79 Å². The quantitative estimate of drug-likeness (QED) is 0.877. The Bertz CT molecular complexity index is 784. The fourth-order valence-corrected chi connectivity index (χ4v) is 2.96. The highest BCUT2D eigenvalue weighted by Gasteiger charge is 2.50.